The minimum atomic E-state index is 0.187. The normalized spacial score (nSPS) is 24.9. The molecule has 2 aliphatic heterocycles. The average Bonchev–Trinajstić information content (AvgIpc) is 3.22. The van der Waals surface area contributed by atoms with Gasteiger partial charge in [-0.15, -0.1) is 11.3 Å². The molecule has 0 unspecified atom stereocenters. The van der Waals surface area contributed by atoms with Crippen LogP contribution in [0.3, 0.4) is 0 Å². The third-order valence-corrected chi connectivity index (χ3v) is 5.83. The van der Waals surface area contributed by atoms with Crippen LogP contribution in [0.1, 0.15) is 15.4 Å². The van der Waals surface area contributed by atoms with Gasteiger partial charge in [0.1, 0.15) is 5.69 Å². The summed E-state index contributed by atoms with van der Waals surface area (Å²) in [5, 5.41) is 2.15. The molecule has 0 spiro atoms. The molecular weight excluding hydrogens is 294 g/mol. The Kier molecular flexibility index (Phi) is 3.54. The first-order chi connectivity index (χ1) is 10.7. The van der Waals surface area contributed by atoms with Crippen molar-refractivity contribution in [3.63, 3.8) is 0 Å². The maximum atomic E-state index is 12.6. The molecule has 2 aromatic rings. The van der Waals surface area contributed by atoms with E-state index in [1.807, 2.05) is 46.2 Å². The van der Waals surface area contributed by atoms with E-state index in [0.29, 0.717) is 11.8 Å². The first kappa shape index (κ1) is 14.0. The molecule has 22 heavy (non-hydrogen) atoms. The van der Waals surface area contributed by atoms with E-state index >= 15 is 0 Å². The standard InChI is InChI=1S/C17H21N3OS/c1-18-6-2-5-16(18)17(21)20-10-13-8-19(9-14(13)11-20)12-15-4-3-7-22-15/h2-7,13-14H,8-12H2,1H3/t13-,14+. The molecule has 5 heteroatoms. The average molecular weight is 315 g/mol. The first-order valence-electron chi connectivity index (χ1n) is 7.86. The zero-order valence-corrected chi connectivity index (χ0v) is 13.6. The highest BCUT2D eigenvalue weighted by molar-refractivity contribution is 7.09. The van der Waals surface area contributed by atoms with E-state index < -0.39 is 0 Å². The summed E-state index contributed by atoms with van der Waals surface area (Å²) < 4.78 is 1.92. The summed E-state index contributed by atoms with van der Waals surface area (Å²) in [6.07, 6.45) is 1.94. The van der Waals surface area contributed by atoms with Crippen molar-refractivity contribution < 1.29 is 4.79 Å². The van der Waals surface area contributed by atoms with Gasteiger partial charge in [0.25, 0.3) is 5.91 Å². The van der Waals surface area contributed by atoms with Crippen LogP contribution in [0.25, 0.3) is 0 Å². The number of hydrogen-bond donors (Lipinski definition) is 0. The molecule has 2 fully saturated rings. The maximum absolute atomic E-state index is 12.6. The van der Waals surface area contributed by atoms with E-state index in [-0.39, 0.29) is 5.91 Å². The Bertz CT molecular complexity index is 649. The van der Waals surface area contributed by atoms with Crippen molar-refractivity contribution in [3.8, 4) is 0 Å². The summed E-state index contributed by atoms with van der Waals surface area (Å²) in [6, 6.07) is 8.19. The van der Waals surface area contributed by atoms with Crippen LogP contribution in [0.5, 0.6) is 0 Å². The van der Waals surface area contributed by atoms with Crippen LogP contribution in [0.4, 0.5) is 0 Å². The molecule has 0 radical (unpaired) electrons. The summed E-state index contributed by atoms with van der Waals surface area (Å²) in [6.45, 7) is 5.14. The number of amides is 1. The number of thiophene rings is 1. The monoisotopic (exact) mass is 315 g/mol. The van der Waals surface area contributed by atoms with Crippen LogP contribution in [0.15, 0.2) is 35.8 Å². The fraction of sp³-hybridized carbons (Fsp3) is 0.471. The van der Waals surface area contributed by atoms with Crippen LogP contribution in [0.2, 0.25) is 0 Å². The summed E-state index contributed by atoms with van der Waals surface area (Å²) in [7, 11) is 1.94. The Hall–Kier alpha value is -1.59. The number of rotatable bonds is 3. The lowest BCUT2D eigenvalue weighted by atomic mass is 10.0. The molecule has 2 aliphatic rings. The van der Waals surface area contributed by atoms with Crippen molar-refractivity contribution in [1.29, 1.82) is 0 Å². The van der Waals surface area contributed by atoms with Gasteiger partial charge < -0.3 is 9.47 Å². The minimum absolute atomic E-state index is 0.187. The molecule has 2 aromatic heterocycles. The summed E-state index contributed by atoms with van der Waals surface area (Å²) in [5.41, 5.74) is 0.801. The molecule has 0 aliphatic carbocycles. The number of aryl methyl sites for hydroxylation is 1. The number of hydrogen-bond acceptors (Lipinski definition) is 3. The van der Waals surface area contributed by atoms with E-state index in [9.17, 15) is 4.79 Å². The number of likely N-dealkylation sites (tertiary alicyclic amines) is 2. The SMILES string of the molecule is Cn1cccc1C(=O)N1C[C@H]2CN(Cc3cccs3)C[C@H]2C1. The van der Waals surface area contributed by atoms with E-state index in [2.05, 4.69) is 22.4 Å². The molecule has 0 bridgehead atoms. The van der Waals surface area contributed by atoms with Gasteiger partial charge in [0, 0.05) is 50.8 Å². The highest BCUT2D eigenvalue weighted by Crippen LogP contribution is 2.33. The van der Waals surface area contributed by atoms with Crippen LogP contribution < -0.4 is 0 Å². The van der Waals surface area contributed by atoms with Crippen molar-refractivity contribution >= 4 is 17.2 Å². The van der Waals surface area contributed by atoms with E-state index in [4.69, 9.17) is 0 Å². The third-order valence-electron chi connectivity index (χ3n) is 4.97. The van der Waals surface area contributed by atoms with Crippen molar-refractivity contribution in [3.05, 3.63) is 46.4 Å². The fourth-order valence-corrected chi connectivity index (χ4v) is 4.60. The predicted octanol–water partition coefficient (Wildman–Crippen LogP) is 2.29. The van der Waals surface area contributed by atoms with Crippen molar-refractivity contribution in [1.82, 2.24) is 14.4 Å². The summed E-state index contributed by atoms with van der Waals surface area (Å²) >= 11 is 1.83. The van der Waals surface area contributed by atoms with Gasteiger partial charge in [-0.05, 0) is 35.4 Å². The molecule has 0 aromatic carbocycles. The lowest BCUT2D eigenvalue weighted by Gasteiger charge is -2.21. The molecule has 2 saturated heterocycles. The second-order valence-corrected chi connectivity index (χ2v) is 7.54. The zero-order valence-electron chi connectivity index (χ0n) is 12.8. The van der Waals surface area contributed by atoms with E-state index in [0.717, 1.165) is 38.4 Å². The molecule has 4 nitrogen and oxygen atoms in total. The molecule has 2 atom stereocenters. The highest BCUT2D eigenvalue weighted by Gasteiger charge is 2.41. The van der Waals surface area contributed by atoms with Crippen molar-refractivity contribution in [2.45, 2.75) is 6.54 Å². The number of aromatic nitrogens is 1. The van der Waals surface area contributed by atoms with Crippen molar-refractivity contribution in [2.75, 3.05) is 26.2 Å². The zero-order chi connectivity index (χ0) is 15.1. The summed E-state index contributed by atoms with van der Waals surface area (Å²) in [5.74, 6) is 1.47. The molecule has 0 saturated carbocycles. The lowest BCUT2D eigenvalue weighted by Crippen LogP contribution is -2.33. The predicted molar refractivity (Wildman–Crippen MR) is 87.9 cm³/mol. The van der Waals surface area contributed by atoms with Gasteiger partial charge >= 0.3 is 0 Å². The first-order valence-corrected chi connectivity index (χ1v) is 8.74. The van der Waals surface area contributed by atoms with Gasteiger partial charge in [-0.1, -0.05) is 6.07 Å². The second kappa shape index (κ2) is 5.56. The van der Waals surface area contributed by atoms with Gasteiger partial charge in [0.15, 0.2) is 0 Å². The highest BCUT2D eigenvalue weighted by atomic mass is 32.1. The fourth-order valence-electron chi connectivity index (χ4n) is 3.85. The summed E-state index contributed by atoms with van der Waals surface area (Å²) in [4.78, 5) is 18.6. The number of carbonyl (C=O) groups is 1. The molecule has 1 amide bonds. The Balaban J connectivity index is 1.37. The topological polar surface area (TPSA) is 28.5 Å². The Morgan fingerprint density at radius 2 is 1.95 bits per heavy atom. The quantitative estimate of drug-likeness (QED) is 0.869. The molecular formula is C17H21N3OS. The Morgan fingerprint density at radius 3 is 2.55 bits per heavy atom. The van der Waals surface area contributed by atoms with Gasteiger partial charge in [0.2, 0.25) is 0 Å². The number of nitrogens with zero attached hydrogens (tertiary/aromatic N) is 3. The number of carbonyl (C=O) groups excluding carboxylic acids is 1. The Labute approximate surface area is 135 Å². The van der Waals surface area contributed by atoms with E-state index in [1.54, 1.807) is 0 Å². The van der Waals surface area contributed by atoms with Crippen LogP contribution >= 0.6 is 11.3 Å². The van der Waals surface area contributed by atoms with Crippen LogP contribution in [-0.4, -0.2) is 46.5 Å². The third kappa shape index (κ3) is 2.48. The van der Waals surface area contributed by atoms with Gasteiger partial charge in [-0.3, -0.25) is 9.69 Å². The van der Waals surface area contributed by atoms with Gasteiger partial charge in [-0.2, -0.15) is 0 Å². The molecule has 4 rings (SSSR count). The number of fused-ring (bicyclic) bond motifs is 1. The van der Waals surface area contributed by atoms with Crippen LogP contribution in [-0.2, 0) is 13.6 Å². The maximum Gasteiger partial charge on any atom is 0.270 e. The molecule has 116 valence electrons. The molecule has 4 heterocycles. The van der Waals surface area contributed by atoms with E-state index in [1.165, 1.54) is 4.88 Å². The van der Waals surface area contributed by atoms with Crippen molar-refractivity contribution in [2.24, 2.45) is 18.9 Å². The van der Waals surface area contributed by atoms with Gasteiger partial charge in [-0.25, -0.2) is 0 Å². The van der Waals surface area contributed by atoms with Gasteiger partial charge in [0.05, 0.1) is 0 Å². The van der Waals surface area contributed by atoms with Crippen LogP contribution in [0, 0.1) is 11.8 Å². The smallest absolute Gasteiger partial charge is 0.270 e. The largest absolute Gasteiger partial charge is 0.347 e. The minimum Gasteiger partial charge on any atom is -0.347 e. The molecule has 0 N–H and O–H groups in total. The lowest BCUT2D eigenvalue weighted by molar-refractivity contribution is 0.0764. The second-order valence-electron chi connectivity index (χ2n) is 6.51. The Morgan fingerprint density at radius 1 is 1.18 bits per heavy atom.